The van der Waals surface area contributed by atoms with Crippen LogP contribution in [-0.4, -0.2) is 43.3 Å². The predicted molar refractivity (Wildman–Crippen MR) is 131 cm³/mol. The van der Waals surface area contributed by atoms with Crippen molar-refractivity contribution in [3.8, 4) is 11.5 Å². The second kappa shape index (κ2) is 11.8. The lowest BCUT2D eigenvalue weighted by Gasteiger charge is -2.12. The number of carbonyl (C=O) groups excluding carboxylic acids is 2. The maximum absolute atomic E-state index is 13.0. The van der Waals surface area contributed by atoms with E-state index in [1.807, 2.05) is 0 Å². The summed E-state index contributed by atoms with van der Waals surface area (Å²) in [4.78, 5) is 37.1. The number of carboxylic acids is 1. The van der Waals surface area contributed by atoms with Crippen LogP contribution in [0.25, 0.3) is 6.08 Å². The summed E-state index contributed by atoms with van der Waals surface area (Å²) in [6.07, 6.45) is 2.64. The number of rotatable bonds is 9. The van der Waals surface area contributed by atoms with Gasteiger partial charge in [-0.1, -0.05) is 36.4 Å². The molecule has 0 spiro atoms. The Bertz CT molecular complexity index is 1290. The van der Waals surface area contributed by atoms with Gasteiger partial charge in [0.15, 0.2) is 0 Å². The normalized spacial score (nSPS) is 11.1. The fraction of sp³-hybridized carbons (Fsp3) is 0.0769. The Morgan fingerprint density at radius 1 is 0.886 bits per heavy atom. The van der Waals surface area contributed by atoms with Crippen molar-refractivity contribution >= 4 is 30.1 Å². The molecule has 0 aliphatic carbocycles. The standard InChI is InChI=1S/C26H23N3O6/c1-34-20-12-13-23(35-2)19(14-20)15-22(28-24(30)17-8-4-3-5-9-17)25(31)29-27-16-18-10-6-7-11-21(18)26(32)33/h3-16H,1-2H3,(H,28,30)(H,29,31)(H,32,33)/b22-15-,27-16?. The third-order valence-electron chi connectivity index (χ3n) is 4.83. The molecule has 9 heteroatoms. The molecule has 3 aromatic rings. The lowest BCUT2D eigenvalue weighted by molar-refractivity contribution is -0.117. The maximum Gasteiger partial charge on any atom is 0.336 e. The zero-order chi connectivity index (χ0) is 25.2. The van der Waals surface area contributed by atoms with Crippen molar-refractivity contribution < 1.29 is 29.0 Å². The molecule has 2 amide bonds. The van der Waals surface area contributed by atoms with Crippen LogP contribution in [0.4, 0.5) is 0 Å². The molecule has 0 atom stereocenters. The van der Waals surface area contributed by atoms with Crippen LogP contribution in [0.1, 0.15) is 31.8 Å². The number of hydrazone groups is 1. The summed E-state index contributed by atoms with van der Waals surface area (Å²) in [7, 11) is 2.98. The SMILES string of the molecule is COc1ccc(OC)c(/C=C(\NC(=O)c2ccccc2)C(=O)NN=Cc2ccccc2C(=O)O)c1. The van der Waals surface area contributed by atoms with Crippen molar-refractivity contribution in [1.82, 2.24) is 10.7 Å². The number of aromatic carboxylic acids is 1. The molecule has 0 fully saturated rings. The Balaban J connectivity index is 1.92. The van der Waals surface area contributed by atoms with Crippen molar-refractivity contribution in [3.63, 3.8) is 0 Å². The minimum absolute atomic E-state index is 0.0276. The van der Waals surface area contributed by atoms with Crippen LogP contribution >= 0.6 is 0 Å². The Kier molecular flexibility index (Phi) is 8.33. The van der Waals surface area contributed by atoms with Crippen LogP contribution in [0, 0.1) is 0 Å². The maximum atomic E-state index is 13.0. The summed E-state index contributed by atoms with van der Waals surface area (Å²) in [5.74, 6) is -1.39. The predicted octanol–water partition coefficient (Wildman–Crippen LogP) is 3.32. The van der Waals surface area contributed by atoms with Gasteiger partial charge in [0.2, 0.25) is 0 Å². The minimum atomic E-state index is -1.13. The van der Waals surface area contributed by atoms with E-state index in [1.165, 1.54) is 32.6 Å². The van der Waals surface area contributed by atoms with Crippen LogP contribution in [0.5, 0.6) is 11.5 Å². The third-order valence-corrected chi connectivity index (χ3v) is 4.83. The lowest BCUT2D eigenvalue weighted by atomic mass is 10.1. The Hall–Kier alpha value is -4.92. The molecule has 0 aliphatic rings. The van der Waals surface area contributed by atoms with Crippen molar-refractivity contribution in [2.75, 3.05) is 14.2 Å². The Morgan fingerprint density at radius 3 is 2.29 bits per heavy atom. The molecule has 3 N–H and O–H groups in total. The average Bonchev–Trinajstić information content (AvgIpc) is 2.88. The number of methoxy groups -OCH3 is 2. The Labute approximate surface area is 201 Å². The second-order valence-electron chi connectivity index (χ2n) is 7.08. The summed E-state index contributed by atoms with van der Waals surface area (Å²) in [6.45, 7) is 0. The largest absolute Gasteiger partial charge is 0.497 e. The monoisotopic (exact) mass is 473 g/mol. The van der Waals surface area contributed by atoms with Gasteiger partial charge in [-0.05, 0) is 42.5 Å². The first-order valence-electron chi connectivity index (χ1n) is 10.4. The van der Waals surface area contributed by atoms with E-state index >= 15 is 0 Å². The van der Waals surface area contributed by atoms with Gasteiger partial charge in [-0.3, -0.25) is 9.59 Å². The van der Waals surface area contributed by atoms with Crippen molar-refractivity contribution in [3.05, 3.63) is 101 Å². The Morgan fingerprint density at radius 2 is 1.60 bits per heavy atom. The molecule has 0 bridgehead atoms. The van der Waals surface area contributed by atoms with Gasteiger partial charge < -0.3 is 19.9 Å². The zero-order valence-electron chi connectivity index (χ0n) is 19.0. The second-order valence-corrected chi connectivity index (χ2v) is 7.08. The summed E-state index contributed by atoms with van der Waals surface area (Å²) >= 11 is 0. The smallest absolute Gasteiger partial charge is 0.336 e. The average molecular weight is 473 g/mol. The number of hydrogen-bond donors (Lipinski definition) is 3. The number of carbonyl (C=O) groups is 3. The topological polar surface area (TPSA) is 126 Å². The molecule has 0 aromatic heterocycles. The molecule has 0 heterocycles. The van der Waals surface area contributed by atoms with E-state index in [0.717, 1.165) is 0 Å². The molecule has 0 saturated carbocycles. The first kappa shape index (κ1) is 24.7. The molecular formula is C26H23N3O6. The summed E-state index contributed by atoms with van der Waals surface area (Å²) < 4.78 is 10.6. The highest BCUT2D eigenvalue weighted by Gasteiger charge is 2.16. The molecule has 0 unspecified atom stereocenters. The fourth-order valence-corrected chi connectivity index (χ4v) is 3.08. The molecule has 9 nitrogen and oxygen atoms in total. The van der Waals surface area contributed by atoms with Crippen molar-refractivity contribution in [2.45, 2.75) is 0 Å². The van der Waals surface area contributed by atoms with E-state index in [9.17, 15) is 19.5 Å². The highest BCUT2D eigenvalue weighted by molar-refractivity contribution is 6.06. The number of nitrogens with zero attached hydrogens (tertiary/aromatic N) is 1. The quantitative estimate of drug-likeness (QED) is 0.249. The molecule has 35 heavy (non-hydrogen) atoms. The minimum Gasteiger partial charge on any atom is -0.497 e. The van der Waals surface area contributed by atoms with E-state index in [4.69, 9.17) is 9.47 Å². The number of amides is 2. The van der Waals surface area contributed by atoms with Crippen LogP contribution < -0.4 is 20.2 Å². The van der Waals surface area contributed by atoms with E-state index in [0.29, 0.717) is 28.2 Å². The van der Waals surface area contributed by atoms with Crippen LogP contribution in [-0.2, 0) is 4.79 Å². The molecule has 0 saturated heterocycles. The summed E-state index contributed by atoms with van der Waals surface area (Å²) in [6, 6.07) is 19.6. The molecule has 0 radical (unpaired) electrons. The van der Waals surface area contributed by atoms with E-state index in [2.05, 4.69) is 15.8 Å². The van der Waals surface area contributed by atoms with Crippen LogP contribution in [0.3, 0.4) is 0 Å². The number of benzene rings is 3. The van der Waals surface area contributed by atoms with Crippen molar-refractivity contribution in [2.24, 2.45) is 5.10 Å². The van der Waals surface area contributed by atoms with Gasteiger partial charge in [-0.25, -0.2) is 10.2 Å². The fourth-order valence-electron chi connectivity index (χ4n) is 3.08. The first-order chi connectivity index (χ1) is 16.9. The van der Waals surface area contributed by atoms with Crippen LogP contribution in [0.15, 0.2) is 83.6 Å². The van der Waals surface area contributed by atoms with Crippen molar-refractivity contribution in [1.29, 1.82) is 0 Å². The van der Waals surface area contributed by atoms with Crippen LogP contribution in [0.2, 0.25) is 0 Å². The van der Waals surface area contributed by atoms with E-state index in [-0.39, 0.29) is 11.3 Å². The number of hydrogen-bond acceptors (Lipinski definition) is 6. The molecule has 3 aromatic carbocycles. The molecular weight excluding hydrogens is 450 g/mol. The lowest BCUT2D eigenvalue weighted by Crippen LogP contribution is -2.32. The van der Waals surface area contributed by atoms with E-state index < -0.39 is 17.8 Å². The van der Waals surface area contributed by atoms with Gasteiger partial charge in [0.25, 0.3) is 11.8 Å². The number of carboxylic acid groups (broad SMARTS) is 1. The highest BCUT2D eigenvalue weighted by atomic mass is 16.5. The molecule has 0 aliphatic heterocycles. The number of ether oxygens (including phenoxy) is 2. The zero-order valence-corrected chi connectivity index (χ0v) is 19.0. The molecule has 178 valence electrons. The van der Waals surface area contributed by atoms with Gasteiger partial charge in [0.05, 0.1) is 26.0 Å². The van der Waals surface area contributed by atoms with Gasteiger partial charge >= 0.3 is 5.97 Å². The number of nitrogens with one attached hydrogen (secondary N) is 2. The van der Waals surface area contributed by atoms with E-state index in [1.54, 1.807) is 66.7 Å². The first-order valence-corrected chi connectivity index (χ1v) is 10.4. The van der Waals surface area contributed by atoms with Gasteiger partial charge in [-0.15, -0.1) is 0 Å². The summed E-state index contributed by atoms with van der Waals surface area (Å²) in [5.41, 5.74) is 3.36. The highest BCUT2D eigenvalue weighted by Crippen LogP contribution is 2.26. The van der Waals surface area contributed by atoms with Gasteiger partial charge in [-0.2, -0.15) is 5.10 Å². The van der Waals surface area contributed by atoms with Gasteiger partial charge in [0, 0.05) is 16.7 Å². The summed E-state index contributed by atoms with van der Waals surface area (Å²) in [5, 5.41) is 15.8. The van der Waals surface area contributed by atoms with Gasteiger partial charge in [0.1, 0.15) is 17.2 Å². The molecule has 3 rings (SSSR count). The third kappa shape index (κ3) is 6.55.